The lowest BCUT2D eigenvalue weighted by atomic mass is 10.1. The number of amides is 2. The first-order valence-electron chi connectivity index (χ1n) is 8.55. The molecule has 1 aromatic carbocycles. The average Bonchev–Trinajstić information content (AvgIpc) is 2.97. The summed E-state index contributed by atoms with van der Waals surface area (Å²) in [5.41, 5.74) is 2.54. The Morgan fingerprint density at radius 3 is 2.76 bits per heavy atom. The summed E-state index contributed by atoms with van der Waals surface area (Å²) in [6, 6.07) is 7.72. The van der Waals surface area contributed by atoms with Crippen molar-refractivity contribution in [2.45, 2.75) is 40.2 Å². The Kier molecular flexibility index (Phi) is 4.61. The molecule has 1 atom stereocenters. The van der Waals surface area contributed by atoms with Crippen LogP contribution in [-0.2, 0) is 11.2 Å². The molecule has 0 N–H and O–H groups in total. The molecule has 1 aliphatic heterocycles. The van der Waals surface area contributed by atoms with Gasteiger partial charge in [0.05, 0.1) is 5.69 Å². The predicted molar refractivity (Wildman–Crippen MR) is 94.6 cm³/mol. The van der Waals surface area contributed by atoms with Crippen LogP contribution in [0.1, 0.15) is 41.6 Å². The quantitative estimate of drug-likeness (QED) is 0.861. The third kappa shape index (κ3) is 3.29. The first-order chi connectivity index (χ1) is 11.9. The molecule has 1 unspecified atom stereocenters. The topological polar surface area (TPSA) is 66.7 Å². The summed E-state index contributed by atoms with van der Waals surface area (Å²) in [6.45, 7) is 8.11. The van der Waals surface area contributed by atoms with Gasteiger partial charge in [-0.05, 0) is 38.5 Å². The first kappa shape index (κ1) is 17.2. The fourth-order valence-electron chi connectivity index (χ4n) is 3.10. The minimum Gasteiger partial charge on any atom is -0.435 e. The third-order valence-electron chi connectivity index (χ3n) is 4.50. The molecule has 1 aromatic heterocycles. The van der Waals surface area contributed by atoms with Gasteiger partial charge in [-0.2, -0.15) is 0 Å². The van der Waals surface area contributed by atoms with E-state index in [4.69, 9.17) is 4.42 Å². The van der Waals surface area contributed by atoms with Gasteiger partial charge < -0.3 is 14.2 Å². The van der Waals surface area contributed by atoms with Gasteiger partial charge in [0.1, 0.15) is 6.54 Å². The van der Waals surface area contributed by atoms with E-state index < -0.39 is 0 Å². The molecule has 6 nitrogen and oxygen atoms in total. The van der Waals surface area contributed by atoms with Crippen LogP contribution in [0.5, 0.6) is 0 Å². The van der Waals surface area contributed by atoms with Gasteiger partial charge in [-0.3, -0.25) is 9.59 Å². The van der Waals surface area contributed by atoms with Crippen molar-refractivity contribution in [3.8, 4) is 0 Å². The molecule has 1 fully saturated rings. The van der Waals surface area contributed by atoms with Crippen molar-refractivity contribution in [2.24, 2.45) is 0 Å². The fraction of sp³-hybridized carbons (Fsp3) is 0.421. The van der Waals surface area contributed by atoms with Crippen molar-refractivity contribution in [3.63, 3.8) is 0 Å². The van der Waals surface area contributed by atoms with Crippen LogP contribution in [0.4, 0.5) is 5.69 Å². The number of carbonyl (C=O) groups excluding carboxylic acids is 2. The van der Waals surface area contributed by atoms with E-state index in [0.717, 1.165) is 11.3 Å². The Hall–Kier alpha value is -2.63. The standard InChI is InChI=1S/C19H23N3O3/c1-5-16-20-14(4)18(25-16)19(24)21-11-17(23)22(10-13(21)3)15-8-6-7-12(2)9-15/h6-9,13H,5,10-11H2,1-4H3. The van der Waals surface area contributed by atoms with Gasteiger partial charge in [0.25, 0.3) is 5.91 Å². The van der Waals surface area contributed by atoms with E-state index in [9.17, 15) is 9.59 Å². The number of piperazine rings is 1. The van der Waals surface area contributed by atoms with Gasteiger partial charge in [0.2, 0.25) is 11.7 Å². The molecule has 25 heavy (non-hydrogen) atoms. The van der Waals surface area contributed by atoms with Crippen LogP contribution in [-0.4, -0.2) is 40.8 Å². The van der Waals surface area contributed by atoms with Gasteiger partial charge in [0.15, 0.2) is 5.89 Å². The summed E-state index contributed by atoms with van der Waals surface area (Å²) in [4.78, 5) is 33.0. The Labute approximate surface area is 147 Å². The normalized spacial score (nSPS) is 17.9. The maximum Gasteiger partial charge on any atom is 0.292 e. The Morgan fingerprint density at radius 2 is 2.12 bits per heavy atom. The fourth-order valence-corrected chi connectivity index (χ4v) is 3.10. The van der Waals surface area contributed by atoms with Crippen LogP contribution in [0.2, 0.25) is 0 Å². The van der Waals surface area contributed by atoms with Gasteiger partial charge in [-0.15, -0.1) is 0 Å². The number of anilines is 1. The first-order valence-corrected chi connectivity index (χ1v) is 8.55. The summed E-state index contributed by atoms with van der Waals surface area (Å²) in [6.07, 6.45) is 0.629. The molecular weight excluding hydrogens is 318 g/mol. The Balaban J connectivity index is 1.81. The molecule has 1 saturated heterocycles. The van der Waals surface area contributed by atoms with Crippen molar-refractivity contribution < 1.29 is 14.0 Å². The molecule has 3 rings (SSSR count). The van der Waals surface area contributed by atoms with Gasteiger partial charge in [-0.25, -0.2) is 4.98 Å². The molecule has 0 bridgehead atoms. The largest absolute Gasteiger partial charge is 0.435 e. The number of hydrogen-bond donors (Lipinski definition) is 0. The number of benzene rings is 1. The minimum absolute atomic E-state index is 0.0372. The lowest BCUT2D eigenvalue weighted by Crippen LogP contribution is -2.57. The molecule has 6 heteroatoms. The number of hydrogen-bond acceptors (Lipinski definition) is 4. The highest BCUT2D eigenvalue weighted by molar-refractivity contribution is 6.01. The smallest absolute Gasteiger partial charge is 0.292 e. The van der Waals surface area contributed by atoms with Gasteiger partial charge in [0, 0.05) is 24.7 Å². The maximum absolute atomic E-state index is 12.8. The summed E-state index contributed by atoms with van der Waals surface area (Å²) < 4.78 is 5.56. The number of oxazole rings is 1. The van der Waals surface area contributed by atoms with Crippen molar-refractivity contribution in [2.75, 3.05) is 18.0 Å². The second kappa shape index (κ2) is 6.70. The van der Waals surface area contributed by atoms with Crippen LogP contribution < -0.4 is 4.90 Å². The highest BCUT2D eigenvalue weighted by Gasteiger charge is 2.35. The Morgan fingerprint density at radius 1 is 1.36 bits per heavy atom. The second-order valence-corrected chi connectivity index (χ2v) is 6.50. The van der Waals surface area contributed by atoms with Crippen LogP contribution in [0.25, 0.3) is 0 Å². The zero-order chi connectivity index (χ0) is 18.1. The summed E-state index contributed by atoms with van der Waals surface area (Å²) in [7, 11) is 0. The molecule has 0 saturated carbocycles. The van der Waals surface area contributed by atoms with Crippen LogP contribution in [0.3, 0.4) is 0 Å². The SMILES string of the molecule is CCc1nc(C)c(C(=O)N2CC(=O)N(c3cccc(C)c3)CC2C)o1. The molecule has 0 spiro atoms. The number of nitrogens with zero attached hydrogens (tertiary/aromatic N) is 3. The number of rotatable bonds is 3. The summed E-state index contributed by atoms with van der Waals surface area (Å²) in [5, 5.41) is 0. The van der Waals surface area contributed by atoms with E-state index in [1.807, 2.05) is 45.0 Å². The zero-order valence-electron chi connectivity index (χ0n) is 15.1. The number of carbonyl (C=O) groups is 2. The van der Waals surface area contributed by atoms with E-state index in [1.54, 1.807) is 16.7 Å². The average molecular weight is 341 g/mol. The van der Waals surface area contributed by atoms with Crippen LogP contribution in [0, 0.1) is 13.8 Å². The third-order valence-corrected chi connectivity index (χ3v) is 4.50. The van der Waals surface area contributed by atoms with E-state index in [-0.39, 0.29) is 30.2 Å². The molecule has 2 heterocycles. The molecule has 0 radical (unpaired) electrons. The lowest BCUT2D eigenvalue weighted by Gasteiger charge is -2.39. The van der Waals surface area contributed by atoms with E-state index in [2.05, 4.69) is 4.98 Å². The van der Waals surface area contributed by atoms with E-state index in [0.29, 0.717) is 24.6 Å². The minimum atomic E-state index is -0.269. The van der Waals surface area contributed by atoms with Crippen molar-refractivity contribution in [1.82, 2.24) is 9.88 Å². The summed E-state index contributed by atoms with van der Waals surface area (Å²) >= 11 is 0. The second-order valence-electron chi connectivity index (χ2n) is 6.50. The molecular formula is C19H23N3O3. The molecule has 1 aliphatic rings. The monoisotopic (exact) mass is 341 g/mol. The number of aryl methyl sites for hydroxylation is 3. The van der Waals surface area contributed by atoms with E-state index >= 15 is 0 Å². The molecule has 132 valence electrons. The van der Waals surface area contributed by atoms with Crippen molar-refractivity contribution in [1.29, 1.82) is 0 Å². The van der Waals surface area contributed by atoms with Gasteiger partial charge >= 0.3 is 0 Å². The lowest BCUT2D eigenvalue weighted by molar-refractivity contribution is -0.121. The zero-order valence-corrected chi connectivity index (χ0v) is 15.1. The van der Waals surface area contributed by atoms with Gasteiger partial charge in [-0.1, -0.05) is 19.1 Å². The van der Waals surface area contributed by atoms with Crippen molar-refractivity contribution >= 4 is 17.5 Å². The summed E-state index contributed by atoms with van der Waals surface area (Å²) in [5.74, 6) is 0.415. The molecule has 0 aliphatic carbocycles. The van der Waals surface area contributed by atoms with Crippen molar-refractivity contribution in [3.05, 3.63) is 47.2 Å². The molecule has 2 aromatic rings. The van der Waals surface area contributed by atoms with Crippen LogP contribution in [0.15, 0.2) is 28.7 Å². The van der Waals surface area contributed by atoms with E-state index in [1.165, 1.54) is 0 Å². The number of aromatic nitrogens is 1. The maximum atomic E-state index is 12.8. The predicted octanol–water partition coefficient (Wildman–Crippen LogP) is 2.73. The highest BCUT2D eigenvalue weighted by atomic mass is 16.4. The Bertz CT molecular complexity index is 812. The van der Waals surface area contributed by atoms with Crippen LogP contribution >= 0.6 is 0 Å². The molecule has 2 amide bonds. The highest BCUT2D eigenvalue weighted by Crippen LogP contribution is 2.23.